The molecule has 2 aliphatic rings. The number of rotatable bonds is 6. The van der Waals surface area contributed by atoms with Gasteiger partial charge in [-0.3, -0.25) is 9.79 Å². The average molecular weight is 294 g/mol. The van der Waals surface area contributed by atoms with Crippen LogP contribution in [0.25, 0.3) is 0 Å². The molecule has 0 heterocycles. The highest BCUT2D eigenvalue weighted by Crippen LogP contribution is 2.28. The van der Waals surface area contributed by atoms with Crippen molar-refractivity contribution < 1.29 is 4.79 Å². The van der Waals surface area contributed by atoms with Crippen molar-refractivity contribution in [3.8, 4) is 0 Å². The lowest BCUT2D eigenvalue weighted by Gasteiger charge is -2.22. The highest BCUT2D eigenvalue weighted by atomic mass is 16.1. The normalized spacial score (nSPS) is 26.3. The Kier molecular flexibility index (Phi) is 6.33. The predicted molar refractivity (Wildman–Crippen MR) is 86.3 cm³/mol. The highest BCUT2D eigenvalue weighted by molar-refractivity contribution is 5.81. The van der Waals surface area contributed by atoms with Crippen LogP contribution in [0.15, 0.2) is 4.99 Å². The molecule has 5 nitrogen and oxygen atoms in total. The molecule has 0 bridgehead atoms. The maximum Gasteiger partial charge on any atom is 0.222 e. The van der Waals surface area contributed by atoms with Crippen molar-refractivity contribution in [3.05, 3.63) is 0 Å². The summed E-state index contributed by atoms with van der Waals surface area (Å²) in [6.45, 7) is 5.69. The van der Waals surface area contributed by atoms with Crippen LogP contribution in [0, 0.1) is 5.92 Å². The van der Waals surface area contributed by atoms with Gasteiger partial charge in [-0.2, -0.15) is 0 Å². The summed E-state index contributed by atoms with van der Waals surface area (Å²) in [5.74, 6) is 1.72. The number of hydrogen-bond acceptors (Lipinski definition) is 2. The summed E-state index contributed by atoms with van der Waals surface area (Å²) < 4.78 is 0. The Balaban J connectivity index is 1.66. The van der Waals surface area contributed by atoms with Crippen molar-refractivity contribution in [3.63, 3.8) is 0 Å². The Hall–Kier alpha value is -1.26. The molecule has 5 heteroatoms. The Bertz CT molecular complexity index is 363. The molecule has 2 saturated carbocycles. The van der Waals surface area contributed by atoms with E-state index in [-0.39, 0.29) is 5.91 Å². The van der Waals surface area contributed by atoms with Crippen LogP contribution in [-0.4, -0.2) is 37.0 Å². The maximum atomic E-state index is 11.9. The van der Waals surface area contributed by atoms with E-state index in [0.717, 1.165) is 31.3 Å². The van der Waals surface area contributed by atoms with Gasteiger partial charge in [0.15, 0.2) is 5.96 Å². The molecule has 0 aromatic carbocycles. The van der Waals surface area contributed by atoms with Crippen LogP contribution in [0.3, 0.4) is 0 Å². The summed E-state index contributed by atoms with van der Waals surface area (Å²) in [6, 6.07) is 0.952. The Morgan fingerprint density at radius 1 is 1.19 bits per heavy atom. The first-order chi connectivity index (χ1) is 10.2. The second kappa shape index (κ2) is 8.25. The molecular formula is C16H30N4O. The molecular weight excluding hydrogens is 264 g/mol. The molecule has 2 atom stereocenters. The van der Waals surface area contributed by atoms with Gasteiger partial charge < -0.3 is 16.0 Å². The minimum absolute atomic E-state index is 0.140. The summed E-state index contributed by atoms with van der Waals surface area (Å²) in [5.41, 5.74) is 0. The van der Waals surface area contributed by atoms with Gasteiger partial charge in [0, 0.05) is 25.0 Å². The van der Waals surface area contributed by atoms with Gasteiger partial charge in [0.1, 0.15) is 0 Å². The molecule has 0 radical (unpaired) electrons. The number of amides is 1. The average Bonchev–Trinajstić information content (AvgIpc) is 3.15. The van der Waals surface area contributed by atoms with Crippen LogP contribution >= 0.6 is 0 Å². The van der Waals surface area contributed by atoms with Gasteiger partial charge in [-0.05, 0) is 32.1 Å². The molecule has 2 fully saturated rings. The summed E-state index contributed by atoms with van der Waals surface area (Å²) in [7, 11) is 0. The number of aliphatic imine (C=N–C) groups is 1. The molecule has 2 unspecified atom stereocenters. The first kappa shape index (κ1) is 16.1. The van der Waals surface area contributed by atoms with Crippen molar-refractivity contribution in [2.24, 2.45) is 10.9 Å². The van der Waals surface area contributed by atoms with E-state index < -0.39 is 0 Å². The fourth-order valence-electron chi connectivity index (χ4n) is 2.83. The lowest BCUT2D eigenvalue weighted by Crippen LogP contribution is -2.39. The van der Waals surface area contributed by atoms with Crippen LogP contribution in [0.4, 0.5) is 0 Å². The van der Waals surface area contributed by atoms with Crippen molar-refractivity contribution in [1.82, 2.24) is 16.0 Å². The van der Waals surface area contributed by atoms with E-state index in [9.17, 15) is 4.79 Å². The standard InChI is InChI=1S/C16H30N4O/c1-3-17-16(20-14-11-12(14)2)18-10-9-15(21)19-13-7-5-4-6-8-13/h12-14H,3-11H2,1-2H3,(H,19,21)(H2,17,18,20). The zero-order chi connectivity index (χ0) is 15.1. The van der Waals surface area contributed by atoms with Crippen molar-refractivity contribution in [1.29, 1.82) is 0 Å². The Morgan fingerprint density at radius 3 is 2.52 bits per heavy atom. The first-order valence-electron chi connectivity index (χ1n) is 8.53. The second-order valence-electron chi connectivity index (χ2n) is 6.38. The molecule has 1 amide bonds. The molecule has 3 N–H and O–H groups in total. The number of carbonyl (C=O) groups excluding carboxylic acids is 1. The van der Waals surface area contributed by atoms with Gasteiger partial charge in [-0.25, -0.2) is 0 Å². The van der Waals surface area contributed by atoms with Gasteiger partial charge in [-0.15, -0.1) is 0 Å². The van der Waals surface area contributed by atoms with E-state index in [2.05, 4.69) is 34.8 Å². The lowest BCUT2D eigenvalue weighted by molar-refractivity contribution is -0.121. The third kappa shape index (κ3) is 5.94. The zero-order valence-corrected chi connectivity index (χ0v) is 13.5. The number of guanidine groups is 1. The molecule has 0 aromatic rings. The van der Waals surface area contributed by atoms with Crippen LogP contribution in [-0.2, 0) is 4.79 Å². The maximum absolute atomic E-state index is 11.9. The summed E-state index contributed by atoms with van der Waals surface area (Å²) in [4.78, 5) is 16.4. The lowest BCUT2D eigenvalue weighted by atomic mass is 9.95. The molecule has 120 valence electrons. The number of carbonyl (C=O) groups is 1. The molecule has 0 aliphatic heterocycles. The fourth-order valence-corrected chi connectivity index (χ4v) is 2.83. The first-order valence-corrected chi connectivity index (χ1v) is 8.53. The van der Waals surface area contributed by atoms with Gasteiger partial charge >= 0.3 is 0 Å². The zero-order valence-electron chi connectivity index (χ0n) is 13.5. The van der Waals surface area contributed by atoms with Crippen LogP contribution in [0.2, 0.25) is 0 Å². The summed E-state index contributed by atoms with van der Waals surface area (Å²) >= 11 is 0. The Morgan fingerprint density at radius 2 is 1.90 bits per heavy atom. The molecule has 21 heavy (non-hydrogen) atoms. The largest absolute Gasteiger partial charge is 0.357 e. The highest BCUT2D eigenvalue weighted by Gasteiger charge is 2.33. The number of hydrogen-bond donors (Lipinski definition) is 3. The molecule has 2 aliphatic carbocycles. The molecule has 0 saturated heterocycles. The second-order valence-corrected chi connectivity index (χ2v) is 6.38. The number of nitrogens with zero attached hydrogens (tertiary/aromatic N) is 1. The van der Waals surface area contributed by atoms with Crippen molar-refractivity contribution in [2.75, 3.05) is 13.1 Å². The van der Waals surface area contributed by atoms with Crippen LogP contribution in [0.1, 0.15) is 58.8 Å². The topological polar surface area (TPSA) is 65.5 Å². The van der Waals surface area contributed by atoms with E-state index in [4.69, 9.17) is 0 Å². The van der Waals surface area contributed by atoms with Gasteiger partial charge in [0.25, 0.3) is 0 Å². The quantitative estimate of drug-likeness (QED) is 0.517. The third-order valence-corrected chi connectivity index (χ3v) is 4.35. The SMILES string of the molecule is CCNC(=NCCC(=O)NC1CCCCC1)NC1CC1C. The van der Waals surface area contributed by atoms with Crippen LogP contribution < -0.4 is 16.0 Å². The third-order valence-electron chi connectivity index (χ3n) is 4.35. The monoisotopic (exact) mass is 294 g/mol. The van der Waals surface area contributed by atoms with E-state index in [1.165, 1.54) is 25.7 Å². The predicted octanol–water partition coefficient (Wildman–Crippen LogP) is 1.79. The summed E-state index contributed by atoms with van der Waals surface area (Å²) in [6.07, 6.45) is 7.78. The van der Waals surface area contributed by atoms with Gasteiger partial charge in [-0.1, -0.05) is 26.2 Å². The summed E-state index contributed by atoms with van der Waals surface area (Å²) in [5, 5.41) is 9.78. The van der Waals surface area contributed by atoms with E-state index >= 15 is 0 Å². The van der Waals surface area contributed by atoms with Crippen molar-refractivity contribution >= 4 is 11.9 Å². The molecule has 0 spiro atoms. The Labute approximate surface area is 128 Å². The van der Waals surface area contributed by atoms with E-state index in [1.807, 2.05) is 0 Å². The minimum atomic E-state index is 0.140. The van der Waals surface area contributed by atoms with Gasteiger partial charge in [0.05, 0.1) is 6.54 Å². The molecule has 2 rings (SSSR count). The molecule has 0 aromatic heterocycles. The van der Waals surface area contributed by atoms with Crippen molar-refractivity contribution in [2.45, 2.75) is 70.9 Å². The van der Waals surface area contributed by atoms with Gasteiger partial charge in [0.2, 0.25) is 5.91 Å². The smallest absolute Gasteiger partial charge is 0.222 e. The minimum Gasteiger partial charge on any atom is -0.357 e. The van der Waals surface area contributed by atoms with E-state index in [1.54, 1.807) is 0 Å². The fraction of sp³-hybridized carbons (Fsp3) is 0.875. The van der Waals surface area contributed by atoms with E-state index in [0.29, 0.717) is 25.0 Å². The van der Waals surface area contributed by atoms with Crippen LogP contribution in [0.5, 0.6) is 0 Å². The number of nitrogens with one attached hydrogen (secondary N) is 3.